The minimum atomic E-state index is 0.115. The summed E-state index contributed by atoms with van der Waals surface area (Å²) in [7, 11) is 0. The van der Waals surface area contributed by atoms with Crippen LogP contribution >= 0.6 is 0 Å². The van der Waals surface area contributed by atoms with Gasteiger partial charge in [0, 0.05) is 31.3 Å². The normalized spacial score (nSPS) is 15.2. The molecule has 1 fully saturated rings. The van der Waals surface area contributed by atoms with Crippen LogP contribution in [-0.4, -0.2) is 39.0 Å². The highest BCUT2D eigenvalue weighted by Crippen LogP contribution is 2.22. The van der Waals surface area contributed by atoms with E-state index in [0.29, 0.717) is 17.6 Å². The van der Waals surface area contributed by atoms with Gasteiger partial charge >= 0.3 is 0 Å². The molecule has 6 nitrogen and oxygen atoms in total. The second kappa shape index (κ2) is 7.59. The van der Waals surface area contributed by atoms with Crippen LogP contribution in [0.5, 0.6) is 0 Å². The van der Waals surface area contributed by atoms with Gasteiger partial charge in [-0.05, 0) is 51.7 Å². The summed E-state index contributed by atoms with van der Waals surface area (Å²) in [6, 6.07) is 5.76. The molecule has 0 atom stereocenters. The van der Waals surface area contributed by atoms with E-state index >= 15 is 0 Å². The van der Waals surface area contributed by atoms with Crippen molar-refractivity contribution in [2.75, 3.05) is 13.1 Å². The first-order valence-corrected chi connectivity index (χ1v) is 8.71. The summed E-state index contributed by atoms with van der Waals surface area (Å²) in [5, 5.41) is 4.05. The molecule has 2 aromatic rings. The standard InChI is InChI=1S/C19H24N4O2/c1-13(2)11-18(24)23-9-7-15(8-10-23)12-17-21-19(22-25-17)16-6-4-5-14(3)20-16/h4-6,11,15H,7-10,12H2,1-3H3. The molecule has 0 unspecified atom stereocenters. The number of hydrogen-bond acceptors (Lipinski definition) is 5. The monoisotopic (exact) mass is 340 g/mol. The molecular formula is C19H24N4O2. The summed E-state index contributed by atoms with van der Waals surface area (Å²) < 4.78 is 5.40. The predicted molar refractivity (Wildman–Crippen MR) is 94.7 cm³/mol. The fourth-order valence-corrected chi connectivity index (χ4v) is 3.05. The third-order valence-electron chi connectivity index (χ3n) is 4.39. The number of piperidine rings is 1. The van der Waals surface area contributed by atoms with Gasteiger partial charge in [-0.3, -0.25) is 4.79 Å². The molecule has 3 rings (SSSR count). The van der Waals surface area contributed by atoms with Crippen molar-refractivity contribution in [1.82, 2.24) is 20.0 Å². The number of pyridine rings is 1. The zero-order valence-corrected chi connectivity index (χ0v) is 15.0. The first kappa shape index (κ1) is 17.3. The SMILES string of the molecule is CC(C)=CC(=O)N1CCC(Cc2nc(-c3cccc(C)n3)no2)CC1. The van der Waals surface area contributed by atoms with Crippen LogP contribution in [0, 0.1) is 12.8 Å². The highest BCUT2D eigenvalue weighted by Gasteiger charge is 2.24. The lowest BCUT2D eigenvalue weighted by Crippen LogP contribution is -2.38. The van der Waals surface area contributed by atoms with E-state index in [0.717, 1.165) is 49.3 Å². The topological polar surface area (TPSA) is 72.1 Å². The number of amides is 1. The van der Waals surface area contributed by atoms with Crippen molar-refractivity contribution in [2.45, 2.75) is 40.0 Å². The Morgan fingerprint density at radius 1 is 1.28 bits per heavy atom. The molecule has 0 spiro atoms. The molecule has 1 aliphatic heterocycles. The van der Waals surface area contributed by atoms with E-state index in [4.69, 9.17) is 4.52 Å². The Hall–Kier alpha value is -2.50. The molecule has 0 saturated carbocycles. The van der Waals surface area contributed by atoms with Crippen molar-refractivity contribution in [1.29, 1.82) is 0 Å². The van der Waals surface area contributed by atoms with Crippen LogP contribution in [0.4, 0.5) is 0 Å². The van der Waals surface area contributed by atoms with E-state index in [1.54, 1.807) is 6.08 Å². The highest BCUT2D eigenvalue weighted by atomic mass is 16.5. The largest absolute Gasteiger partial charge is 0.339 e. The molecule has 132 valence electrons. The Morgan fingerprint density at radius 3 is 2.72 bits per heavy atom. The van der Waals surface area contributed by atoms with Crippen molar-refractivity contribution >= 4 is 5.91 Å². The highest BCUT2D eigenvalue weighted by molar-refractivity contribution is 5.88. The van der Waals surface area contributed by atoms with Crippen LogP contribution in [0.2, 0.25) is 0 Å². The van der Waals surface area contributed by atoms with Gasteiger partial charge in [-0.2, -0.15) is 4.98 Å². The third-order valence-corrected chi connectivity index (χ3v) is 4.39. The van der Waals surface area contributed by atoms with Gasteiger partial charge in [-0.25, -0.2) is 4.98 Å². The summed E-state index contributed by atoms with van der Waals surface area (Å²) in [5.41, 5.74) is 2.70. The first-order valence-electron chi connectivity index (χ1n) is 8.71. The maximum Gasteiger partial charge on any atom is 0.246 e. The quantitative estimate of drug-likeness (QED) is 0.799. The minimum Gasteiger partial charge on any atom is -0.339 e. The van der Waals surface area contributed by atoms with Crippen LogP contribution in [0.15, 0.2) is 34.4 Å². The Labute approximate surface area is 147 Å². The molecule has 0 aromatic carbocycles. The molecule has 1 amide bonds. The molecule has 2 aromatic heterocycles. The Morgan fingerprint density at radius 2 is 2.04 bits per heavy atom. The van der Waals surface area contributed by atoms with Crippen molar-refractivity contribution in [2.24, 2.45) is 5.92 Å². The third kappa shape index (κ3) is 4.53. The van der Waals surface area contributed by atoms with E-state index in [1.165, 1.54) is 0 Å². The number of allylic oxidation sites excluding steroid dienone is 1. The van der Waals surface area contributed by atoms with E-state index < -0.39 is 0 Å². The number of carbonyl (C=O) groups excluding carboxylic acids is 1. The molecule has 1 saturated heterocycles. The van der Waals surface area contributed by atoms with E-state index in [-0.39, 0.29) is 5.91 Å². The molecule has 6 heteroatoms. The lowest BCUT2D eigenvalue weighted by atomic mass is 9.93. The van der Waals surface area contributed by atoms with Gasteiger partial charge in [0.25, 0.3) is 0 Å². The number of aromatic nitrogens is 3. The van der Waals surface area contributed by atoms with E-state index in [2.05, 4.69) is 15.1 Å². The fraction of sp³-hybridized carbons (Fsp3) is 0.474. The minimum absolute atomic E-state index is 0.115. The van der Waals surface area contributed by atoms with Crippen LogP contribution < -0.4 is 0 Å². The van der Waals surface area contributed by atoms with Gasteiger partial charge in [-0.1, -0.05) is 16.8 Å². The van der Waals surface area contributed by atoms with Crippen LogP contribution in [0.25, 0.3) is 11.5 Å². The van der Waals surface area contributed by atoms with Crippen molar-refractivity contribution in [3.05, 3.63) is 41.4 Å². The predicted octanol–water partition coefficient (Wildman–Crippen LogP) is 3.19. The molecule has 3 heterocycles. The fourth-order valence-electron chi connectivity index (χ4n) is 3.05. The molecule has 0 bridgehead atoms. The number of hydrogen-bond donors (Lipinski definition) is 0. The maximum absolute atomic E-state index is 12.1. The van der Waals surface area contributed by atoms with Gasteiger partial charge in [0.1, 0.15) is 5.69 Å². The summed E-state index contributed by atoms with van der Waals surface area (Å²) in [6.45, 7) is 7.40. The molecule has 25 heavy (non-hydrogen) atoms. The molecule has 0 N–H and O–H groups in total. The number of nitrogens with zero attached hydrogens (tertiary/aromatic N) is 4. The van der Waals surface area contributed by atoms with Gasteiger partial charge in [-0.15, -0.1) is 0 Å². The zero-order valence-electron chi connectivity index (χ0n) is 15.0. The number of rotatable bonds is 4. The van der Waals surface area contributed by atoms with Crippen LogP contribution in [0.1, 0.15) is 38.3 Å². The van der Waals surface area contributed by atoms with Gasteiger partial charge in [0.2, 0.25) is 17.6 Å². The summed E-state index contributed by atoms with van der Waals surface area (Å²) >= 11 is 0. The Balaban J connectivity index is 1.56. The summed E-state index contributed by atoms with van der Waals surface area (Å²) in [6.07, 6.45) is 4.38. The van der Waals surface area contributed by atoms with Gasteiger partial charge in [0.15, 0.2) is 0 Å². The van der Waals surface area contributed by atoms with Crippen LogP contribution in [0.3, 0.4) is 0 Å². The van der Waals surface area contributed by atoms with Crippen molar-refractivity contribution in [3.63, 3.8) is 0 Å². The number of aryl methyl sites for hydroxylation is 1. The van der Waals surface area contributed by atoms with Crippen LogP contribution in [-0.2, 0) is 11.2 Å². The first-order chi connectivity index (χ1) is 12.0. The van der Waals surface area contributed by atoms with Crippen molar-refractivity contribution < 1.29 is 9.32 Å². The lowest BCUT2D eigenvalue weighted by Gasteiger charge is -2.30. The Kier molecular flexibility index (Phi) is 5.26. The average molecular weight is 340 g/mol. The summed E-state index contributed by atoms with van der Waals surface area (Å²) in [5.74, 6) is 1.76. The van der Waals surface area contributed by atoms with Crippen molar-refractivity contribution in [3.8, 4) is 11.5 Å². The second-order valence-corrected chi connectivity index (χ2v) is 6.87. The summed E-state index contributed by atoms with van der Waals surface area (Å²) in [4.78, 5) is 22.9. The zero-order chi connectivity index (χ0) is 17.8. The Bertz CT molecular complexity index is 769. The molecule has 1 aliphatic rings. The molecular weight excluding hydrogens is 316 g/mol. The second-order valence-electron chi connectivity index (χ2n) is 6.87. The van der Waals surface area contributed by atoms with Gasteiger partial charge in [0.05, 0.1) is 0 Å². The van der Waals surface area contributed by atoms with E-state index in [9.17, 15) is 4.79 Å². The molecule has 0 aliphatic carbocycles. The average Bonchev–Trinajstić information content (AvgIpc) is 3.03. The van der Waals surface area contributed by atoms with E-state index in [1.807, 2.05) is 43.9 Å². The van der Waals surface area contributed by atoms with Gasteiger partial charge < -0.3 is 9.42 Å². The smallest absolute Gasteiger partial charge is 0.246 e. The number of carbonyl (C=O) groups is 1. The lowest BCUT2D eigenvalue weighted by molar-refractivity contribution is -0.127. The number of likely N-dealkylation sites (tertiary alicyclic amines) is 1. The molecule has 0 radical (unpaired) electrons. The maximum atomic E-state index is 12.1.